The van der Waals surface area contributed by atoms with E-state index in [0.29, 0.717) is 16.5 Å². The standard InChI is InChI=1S/C13H16N2O3S/c1-8(2)9(6-16)14-12(17)10-7-19-13(15-10)11-4-3-5-18-11/h3-5,7-9,16H,6H2,1-2H3,(H,14,17). The molecular weight excluding hydrogens is 264 g/mol. The van der Waals surface area contributed by atoms with Gasteiger partial charge in [-0.15, -0.1) is 11.3 Å². The van der Waals surface area contributed by atoms with Gasteiger partial charge in [-0.2, -0.15) is 0 Å². The van der Waals surface area contributed by atoms with E-state index in [9.17, 15) is 9.90 Å². The Balaban J connectivity index is 2.08. The summed E-state index contributed by atoms with van der Waals surface area (Å²) in [6.45, 7) is 3.80. The minimum absolute atomic E-state index is 0.0847. The molecule has 2 N–H and O–H groups in total. The number of nitrogens with one attached hydrogen (secondary N) is 1. The van der Waals surface area contributed by atoms with E-state index in [0.717, 1.165) is 0 Å². The number of aliphatic hydroxyl groups excluding tert-OH is 1. The molecule has 0 bridgehead atoms. The molecule has 0 aliphatic heterocycles. The zero-order valence-corrected chi connectivity index (χ0v) is 11.6. The minimum atomic E-state index is -0.276. The fraction of sp³-hybridized carbons (Fsp3) is 0.385. The first-order chi connectivity index (χ1) is 9.11. The maximum atomic E-state index is 12.0. The molecule has 0 saturated heterocycles. The molecule has 1 unspecified atom stereocenters. The van der Waals surface area contributed by atoms with E-state index in [1.165, 1.54) is 11.3 Å². The van der Waals surface area contributed by atoms with Crippen LogP contribution in [0.2, 0.25) is 0 Å². The van der Waals surface area contributed by atoms with Gasteiger partial charge in [0.2, 0.25) is 0 Å². The molecule has 1 amide bonds. The van der Waals surface area contributed by atoms with Crippen molar-refractivity contribution in [1.82, 2.24) is 10.3 Å². The Morgan fingerprint density at radius 2 is 2.37 bits per heavy atom. The Labute approximate surface area is 115 Å². The third-order valence-electron chi connectivity index (χ3n) is 2.79. The fourth-order valence-corrected chi connectivity index (χ4v) is 2.32. The van der Waals surface area contributed by atoms with E-state index in [4.69, 9.17) is 4.42 Å². The van der Waals surface area contributed by atoms with E-state index >= 15 is 0 Å². The largest absolute Gasteiger partial charge is 0.462 e. The van der Waals surface area contributed by atoms with Crippen LogP contribution in [0.4, 0.5) is 0 Å². The first-order valence-corrected chi connectivity index (χ1v) is 6.91. The Kier molecular flexibility index (Phi) is 4.34. The molecule has 1 atom stereocenters. The lowest BCUT2D eigenvalue weighted by atomic mass is 10.1. The number of furan rings is 1. The van der Waals surface area contributed by atoms with E-state index in [1.54, 1.807) is 23.8 Å². The van der Waals surface area contributed by atoms with Gasteiger partial charge in [0.1, 0.15) is 5.69 Å². The third-order valence-corrected chi connectivity index (χ3v) is 3.64. The van der Waals surface area contributed by atoms with Crippen molar-refractivity contribution in [2.24, 2.45) is 5.92 Å². The van der Waals surface area contributed by atoms with Crippen molar-refractivity contribution in [2.45, 2.75) is 19.9 Å². The van der Waals surface area contributed by atoms with Crippen LogP contribution in [0.3, 0.4) is 0 Å². The molecule has 5 nitrogen and oxygen atoms in total. The lowest BCUT2D eigenvalue weighted by Gasteiger charge is -2.19. The van der Waals surface area contributed by atoms with Gasteiger partial charge in [-0.05, 0) is 18.1 Å². The summed E-state index contributed by atoms with van der Waals surface area (Å²) in [6.07, 6.45) is 1.57. The Morgan fingerprint density at radius 3 is 2.95 bits per heavy atom. The lowest BCUT2D eigenvalue weighted by Crippen LogP contribution is -2.41. The quantitative estimate of drug-likeness (QED) is 0.880. The van der Waals surface area contributed by atoms with Crippen LogP contribution in [-0.2, 0) is 0 Å². The predicted octanol–water partition coefficient (Wildman–Crippen LogP) is 2.15. The van der Waals surface area contributed by atoms with Crippen LogP contribution in [0.25, 0.3) is 10.8 Å². The summed E-state index contributed by atoms with van der Waals surface area (Å²) >= 11 is 1.35. The fourth-order valence-electron chi connectivity index (χ4n) is 1.56. The molecule has 102 valence electrons. The van der Waals surface area contributed by atoms with E-state index < -0.39 is 0 Å². The molecule has 2 heterocycles. The van der Waals surface area contributed by atoms with Crippen LogP contribution in [0.1, 0.15) is 24.3 Å². The number of carbonyl (C=O) groups is 1. The highest BCUT2D eigenvalue weighted by Crippen LogP contribution is 2.23. The molecule has 0 aromatic carbocycles. The molecule has 0 spiro atoms. The normalized spacial score (nSPS) is 12.6. The maximum Gasteiger partial charge on any atom is 0.271 e. The van der Waals surface area contributed by atoms with Gasteiger partial charge in [0.15, 0.2) is 10.8 Å². The van der Waals surface area contributed by atoms with Gasteiger partial charge in [0.25, 0.3) is 5.91 Å². The molecule has 2 aromatic rings. The number of thiazole rings is 1. The molecule has 0 radical (unpaired) electrons. The summed E-state index contributed by atoms with van der Waals surface area (Å²) in [7, 11) is 0. The summed E-state index contributed by atoms with van der Waals surface area (Å²) in [5.41, 5.74) is 0.343. The van der Waals surface area contributed by atoms with E-state index in [1.807, 2.05) is 13.8 Å². The number of rotatable bonds is 5. The number of aliphatic hydroxyl groups is 1. The van der Waals surface area contributed by atoms with Crippen molar-refractivity contribution in [3.05, 3.63) is 29.5 Å². The first kappa shape index (κ1) is 13.8. The van der Waals surface area contributed by atoms with Gasteiger partial charge in [-0.3, -0.25) is 4.79 Å². The monoisotopic (exact) mass is 280 g/mol. The number of hydrogen-bond donors (Lipinski definition) is 2. The third kappa shape index (κ3) is 3.21. The molecule has 0 aliphatic carbocycles. The molecular formula is C13H16N2O3S. The molecule has 19 heavy (non-hydrogen) atoms. The zero-order valence-electron chi connectivity index (χ0n) is 10.8. The van der Waals surface area contributed by atoms with Crippen molar-refractivity contribution in [3.8, 4) is 10.8 Å². The topological polar surface area (TPSA) is 75.4 Å². The minimum Gasteiger partial charge on any atom is -0.462 e. The summed E-state index contributed by atoms with van der Waals surface area (Å²) in [4.78, 5) is 16.2. The molecule has 2 rings (SSSR count). The van der Waals surface area contributed by atoms with Crippen LogP contribution in [-0.4, -0.2) is 28.6 Å². The second kappa shape index (κ2) is 5.99. The Bertz CT molecular complexity index is 534. The summed E-state index contributed by atoms with van der Waals surface area (Å²) in [5, 5.41) is 14.3. The maximum absolute atomic E-state index is 12.0. The van der Waals surface area contributed by atoms with Crippen LogP contribution in [0, 0.1) is 5.92 Å². The highest BCUT2D eigenvalue weighted by atomic mass is 32.1. The zero-order chi connectivity index (χ0) is 13.8. The Hall–Kier alpha value is -1.66. The number of amides is 1. The number of hydrogen-bond acceptors (Lipinski definition) is 5. The highest BCUT2D eigenvalue weighted by molar-refractivity contribution is 7.13. The number of aromatic nitrogens is 1. The van der Waals surface area contributed by atoms with Crippen LogP contribution < -0.4 is 5.32 Å². The highest BCUT2D eigenvalue weighted by Gasteiger charge is 2.18. The van der Waals surface area contributed by atoms with Crippen LogP contribution in [0.15, 0.2) is 28.2 Å². The van der Waals surface area contributed by atoms with Crippen molar-refractivity contribution >= 4 is 17.2 Å². The molecule has 6 heteroatoms. The van der Waals surface area contributed by atoms with Crippen molar-refractivity contribution in [3.63, 3.8) is 0 Å². The lowest BCUT2D eigenvalue weighted by molar-refractivity contribution is 0.0892. The van der Waals surface area contributed by atoms with Gasteiger partial charge in [-0.1, -0.05) is 13.8 Å². The smallest absolute Gasteiger partial charge is 0.271 e. The van der Waals surface area contributed by atoms with E-state index in [-0.39, 0.29) is 24.5 Å². The summed E-state index contributed by atoms with van der Waals surface area (Å²) in [5.74, 6) is 0.533. The van der Waals surface area contributed by atoms with Gasteiger partial charge >= 0.3 is 0 Å². The van der Waals surface area contributed by atoms with E-state index in [2.05, 4.69) is 10.3 Å². The van der Waals surface area contributed by atoms with Crippen LogP contribution in [0.5, 0.6) is 0 Å². The van der Waals surface area contributed by atoms with Gasteiger partial charge in [0, 0.05) is 5.38 Å². The van der Waals surface area contributed by atoms with Crippen molar-refractivity contribution in [2.75, 3.05) is 6.61 Å². The van der Waals surface area contributed by atoms with Gasteiger partial charge in [-0.25, -0.2) is 4.98 Å². The molecule has 0 saturated carbocycles. The molecule has 0 aliphatic rings. The van der Waals surface area contributed by atoms with Crippen LogP contribution >= 0.6 is 11.3 Å². The van der Waals surface area contributed by atoms with Crippen molar-refractivity contribution < 1.29 is 14.3 Å². The summed E-state index contributed by atoms with van der Waals surface area (Å²) < 4.78 is 5.23. The second-order valence-corrected chi connectivity index (χ2v) is 5.38. The molecule has 2 aromatic heterocycles. The van der Waals surface area contributed by atoms with Gasteiger partial charge in [0.05, 0.1) is 18.9 Å². The van der Waals surface area contributed by atoms with Crippen molar-refractivity contribution in [1.29, 1.82) is 0 Å². The molecule has 0 fully saturated rings. The SMILES string of the molecule is CC(C)C(CO)NC(=O)c1csc(-c2ccco2)n1. The Morgan fingerprint density at radius 1 is 1.58 bits per heavy atom. The average molecular weight is 280 g/mol. The average Bonchev–Trinajstić information content (AvgIpc) is 3.04. The predicted molar refractivity (Wildman–Crippen MR) is 73.0 cm³/mol. The summed E-state index contributed by atoms with van der Waals surface area (Å²) in [6, 6.07) is 3.31. The number of carbonyl (C=O) groups excluding carboxylic acids is 1. The number of nitrogens with zero attached hydrogens (tertiary/aromatic N) is 1. The second-order valence-electron chi connectivity index (χ2n) is 4.52. The first-order valence-electron chi connectivity index (χ1n) is 6.03. The van der Waals surface area contributed by atoms with Gasteiger partial charge < -0.3 is 14.8 Å².